The Morgan fingerprint density at radius 2 is 2.18 bits per heavy atom. The zero-order chi connectivity index (χ0) is 12.5. The van der Waals surface area contributed by atoms with E-state index in [2.05, 4.69) is 0 Å². The van der Waals surface area contributed by atoms with Crippen molar-refractivity contribution in [3.05, 3.63) is 29.8 Å². The van der Waals surface area contributed by atoms with Crippen molar-refractivity contribution in [3.8, 4) is 6.07 Å². The molecule has 0 bridgehead atoms. The molecule has 0 heterocycles. The van der Waals surface area contributed by atoms with Crippen molar-refractivity contribution in [3.63, 3.8) is 0 Å². The van der Waals surface area contributed by atoms with Gasteiger partial charge in [-0.15, -0.1) is 0 Å². The lowest BCUT2D eigenvalue weighted by Gasteiger charge is -2.19. The van der Waals surface area contributed by atoms with E-state index in [-0.39, 0.29) is 10.9 Å². The van der Waals surface area contributed by atoms with Crippen LogP contribution in [0.25, 0.3) is 0 Å². The minimum absolute atomic E-state index is 0.149. The van der Waals surface area contributed by atoms with Gasteiger partial charge in [0.2, 0.25) is 10.0 Å². The number of nitrogens with zero attached hydrogens (tertiary/aromatic N) is 2. The van der Waals surface area contributed by atoms with Crippen molar-refractivity contribution < 1.29 is 8.42 Å². The summed E-state index contributed by atoms with van der Waals surface area (Å²) in [5.74, 6) is 0. The monoisotopic (exact) mass is 250 g/mol. The minimum atomic E-state index is -3.44. The Morgan fingerprint density at radius 3 is 2.71 bits per heavy atom. The van der Waals surface area contributed by atoms with Crippen LogP contribution in [0.3, 0.4) is 0 Å². The maximum atomic E-state index is 12.3. The number of hydrogen-bond acceptors (Lipinski definition) is 3. The van der Waals surface area contributed by atoms with E-state index in [1.807, 2.05) is 13.0 Å². The zero-order valence-electron chi connectivity index (χ0n) is 9.63. The molecule has 1 fully saturated rings. The highest BCUT2D eigenvalue weighted by atomic mass is 32.2. The Balaban J connectivity index is 2.40. The second-order valence-corrected chi connectivity index (χ2v) is 5.97. The Kier molecular flexibility index (Phi) is 3.18. The van der Waals surface area contributed by atoms with E-state index >= 15 is 0 Å². The smallest absolute Gasteiger partial charge is 0.207 e. The summed E-state index contributed by atoms with van der Waals surface area (Å²) in [5, 5.41) is 8.79. The summed E-state index contributed by atoms with van der Waals surface area (Å²) in [5.41, 5.74) is 0.373. The number of sulfonamides is 1. The van der Waals surface area contributed by atoms with Crippen LogP contribution in [0.1, 0.15) is 25.3 Å². The van der Waals surface area contributed by atoms with Gasteiger partial charge in [0, 0.05) is 12.6 Å². The largest absolute Gasteiger partial charge is 0.243 e. The molecular weight excluding hydrogens is 236 g/mol. The van der Waals surface area contributed by atoms with Crippen LogP contribution in [0.2, 0.25) is 0 Å². The second-order valence-electron chi connectivity index (χ2n) is 4.08. The third kappa shape index (κ3) is 2.33. The van der Waals surface area contributed by atoms with Gasteiger partial charge in [-0.3, -0.25) is 0 Å². The van der Waals surface area contributed by atoms with Crippen LogP contribution >= 0.6 is 0 Å². The highest BCUT2D eigenvalue weighted by Gasteiger charge is 2.36. The van der Waals surface area contributed by atoms with Gasteiger partial charge in [0.05, 0.1) is 16.5 Å². The average molecular weight is 250 g/mol. The van der Waals surface area contributed by atoms with Gasteiger partial charge in [-0.25, -0.2) is 8.42 Å². The summed E-state index contributed by atoms with van der Waals surface area (Å²) < 4.78 is 26.2. The van der Waals surface area contributed by atoms with E-state index in [0.717, 1.165) is 12.8 Å². The maximum Gasteiger partial charge on any atom is 0.243 e. The van der Waals surface area contributed by atoms with Crippen LogP contribution in [0, 0.1) is 11.3 Å². The van der Waals surface area contributed by atoms with Gasteiger partial charge < -0.3 is 0 Å². The predicted octanol–water partition coefficient (Wildman–Crippen LogP) is 1.73. The molecule has 1 saturated carbocycles. The zero-order valence-corrected chi connectivity index (χ0v) is 10.4. The Morgan fingerprint density at radius 1 is 1.47 bits per heavy atom. The van der Waals surface area contributed by atoms with E-state index in [1.54, 1.807) is 18.2 Å². The fourth-order valence-electron chi connectivity index (χ4n) is 1.85. The molecule has 90 valence electrons. The molecule has 0 saturated heterocycles. The normalized spacial score (nSPS) is 15.8. The minimum Gasteiger partial charge on any atom is -0.207 e. The molecular formula is C12H14N2O2S. The molecule has 1 aromatic carbocycles. The Labute approximate surface area is 102 Å². The molecule has 0 atom stereocenters. The highest BCUT2D eigenvalue weighted by Crippen LogP contribution is 2.31. The number of nitriles is 1. The predicted molar refractivity (Wildman–Crippen MR) is 63.7 cm³/mol. The van der Waals surface area contributed by atoms with Gasteiger partial charge in [-0.1, -0.05) is 13.0 Å². The third-order valence-electron chi connectivity index (χ3n) is 2.84. The summed E-state index contributed by atoms with van der Waals surface area (Å²) in [6.45, 7) is 2.31. The molecule has 17 heavy (non-hydrogen) atoms. The standard InChI is InChI=1S/C12H14N2O2S/c1-2-14(11-6-7-11)17(15,16)12-5-3-4-10(8-12)9-13/h3-5,8,11H,2,6-7H2,1H3. The summed E-state index contributed by atoms with van der Waals surface area (Å²) in [4.78, 5) is 0.213. The van der Waals surface area contributed by atoms with Crippen molar-refractivity contribution in [2.45, 2.75) is 30.7 Å². The average Bonchev–Trinajstić information content (AvgIpc) is 3.14. The molecule has 0 spiro atoms. The molecule has 1 aliphatic carbocycles. The van der Waals surface area contributed by atoms with Crippen LogP contribution in [-0.4, -0.2) is 25.3 Å². The van der Waals surface area contributed by atoms with Gasteiger partial charge in [-0.2, -0.15) is 9.57 Å². The van der Waals surface area contributed by atoms with Crippen LogP contribution in [0.4, 0.5) is 0 Å². The molecule has 0 radical (unpaired) electrons. The molecule has 0 amide bonds. The lowest BCUT2D eigenvalue weighted by Crippen LogP contribution is -2.32. The number of rotatable bonds is 4. The molecule has 0 aliphatic heterocycles. The second kappa shape index (κ2) is 4.47. The van der Waals surface area contributed by atoms with E-state index in [9.17, 15) is 8.42 Å². The van der Waals surface area contributed by atoms with Crippen molar-refractivity contribution in [1.29, 1.82) is 5.26 Å². The first kappa shape index (κ1) is 12.1. The molecule has 2 rings (SSSR count). The third-order valence-corrected chi connectivity index (χ3v) is 4.86. The summed E-state index contributed by atoms with van der Waals surface area (Å²) >= 11 is 0. The van der Waals surface area contributed by atoms with Crippen LogP contribution in [0.5, 0.6) is 0 Å². The van der Waals surface area contributed by atoms with Gasteiger partial charge in [0.25, 0.3) is 0 Å². The van der Waals surface area contributed by atoms with Crippen LogP contribution in [0.15, 0.2) is 29.2 Å². The molecule has 0 aromatic heterocycles. The molecule has 5 heteroatoms. The SMILES string of the molecule is CCN(C1CC1)S(=O)(=O)c1cccc(C#N)c1. The summed E-state index contributed by atoms with van der Waals surface area (Å²) in [7, 11) is -3.44. The first-order valence-corrected chi connectivity index (χ1v) is 7.05. The van der Waals surface area contributed by atoms with Gasteiger partial charge >= 0.3 is 0 Å². The van der Waals surface area contributed by atoms with E-state index in [1.165, 1.54) is 10.4 Å². The topological polar surface area (TPSA) is 61.2 Å². The summed E-state index contributed by atoms with van der Waals surface area (Å²) in [6.07, 6.45) is 1.87. The lowest BCUT2D eigenvalue weighted by atomic mass is 10.2. The van der Waals surface area contributed by atoms with Crippen molar-refractivity contribution in [2.24, 2.45) is 0 Å². The van der Waals surface area contributed by atoms with Gasteiger partial charge in [0.15, 0.2) is 0 Å². The van der Waals surface area contributed by atoms with Crippen molar-refractivity contribution in [1.82, 2.24) is 4.31 Å². The number of hydrogen-bond donors (Lipinski definition) is 0. The quantitative estimate of drug-likeness (QED) is 0.817. The fraction of sp³-hybridized carbons (Fsp3) is 0.417. The van der Waals surface area contributed by atoms with E-state index in [0.29, 0.717) is 12.1 Å². The molecule has 0 N–H and O–H groups in total. The summed E-state index contributed by atoms with van der Waals surface area (Å²) in [6, 6.07) is 8.29. The van der Waals surface area contributed by atoms with Crippen molar-refractivity contribution >= 4 is 10.0 Å². The maximum absolute atomic E-state index is 12.3. The molecule has 1 aliphatic rings. The number of benzene rings is 1. The van der Waals surface area contributed by atoms with Crippen LogP contribution < -0.4 is 0 Å². The molecule has 1 aromatic rings. The first-order valence-electron chi connectivity index (χ1n) is 5.61. The highest BCUT2D eigenvalue weighted by molar-refractivity contribution is 7.89. The van der Waals surface area contributed by atoms with Gasteiger partial charge in [-0.05, 0) is 31.0 Å². The van der Waals surface area contributed by atoms with Gasteiger partial charge in [0.1, 0.15) is 0 Å². The molecule has 4 nitrogen and oxygen atoms in total. The molecule has 0 unspecified atom stereocenters. The Hall–Kier alpha value is -1.38. The fourth-order valence-corrected chi connectivity index (χ4v) is 3.59. The van der Waals surface area contributed by atoms with E-state index < -0.39 is 10.0 Å². The first-order chi connectivity index (χ1) is 8.09. The van der Waals surface area contributed by atoms with Crippen LogP contribution in [-0.2, 0) is 10.0 Å². The van der Waals surface area contributed by atoms with E-state index in [4.69, 9.17) is 5.26 Å². The lowest BCUT2D eigenvalue weighted by molar-refractivity contribution is 0.421. The Bertz CT molecular complexity index is 556. The van der Waals surface area contributed by atoms with Crippen molar-refractivity contribution in [2.75, 3.05) is 6.54 Å².